The molecule has 0 unspecified atom stereocenters. The first-order valence-corrected chi connectivity index (χ1v) is 7.74. The Kier molecular flexibility index (Phi) is 3.41. The van der Waals surface area contributed by atoms with Crippen molar-refractivity contribution in [1.82, 2.24) is 9.88 Å². The van der Waals surface area contributed by atoms with Gasteiger partial charge in [-0.3, -0.25) is 9.69 Å². The van der Waals surface area contributed by atoms with Crippen LogP contribution in [0.1, 0.15) is 23.2 Å². The van der Waals surface area contributed by atoms with Gasteiger partial charge in [0, 0.05) is 13.1 Å². The summed E-state index contributed by atoms with van der Waals surface area (Å²) in [7, 11) is 1.67. The number of rotatable bonds is 1. The van der Waals surface area contributed by atoms with Crippen LogP contribution in [-0.4, -0.2) is 40.4 Å². The Labute approximate surface area is 121 Å². The summed E-state index contributed by atoms with van der Waals surface area (Å²) in [6, 6.07) is 1.54. The van der Waals surface area contributed by atoms with Crippen LogP contribution < -0.4 is 4.90 Å². The summed E-state index contributed by atoms with van der Waals surface area (Å²) in [5.74, 6) is 2.59. The minimum Gasteiger partial charge on any atom is -0.309 e. The fourth-order valence-corrected chi connectivity index (χ4v) is 3.77. The second kappa shape index (κ2) is 5.09. The van der Waals surface area contributed by atoms with Crippen LogP contribution in [0.3, 0.4) is 0 Å². The van der Waals surface area contributed by atoms with E-state index in [0.29, 0.717) is 17.2 Å². The second-order valence-electron chi connectivity index (χ2n) is 5.02. The van der Waals surface area contributed by atoms with E-state index in [1.54, 1.807) is 7.05 Å². The van der Waals surface area contributed by atoms with Crippen molar-refractivity contribution in [1.29, 1.82) is 0 Å². The molecule has 2 aliphatic rings. The highest BCUT2D eigenvalue weighted by Crippen LogP contribution is 2.35. The summed E-state index contributed by atoms with van der Waals surface area (Å²) in [6.07, 6.45) is 3.20. The first kappa shape index (κ1) is 13.4. The Hall–Kier alpha value is -1.56. The minimum atomic E-state index is -0.489. The van der Waals surface area contributed by atoms with Gasteiger partial charge in [0.05, 0.1) is 11.8 Å². The van der Waals surface area contributed by atoms with Gasteiger partial charge in [-0.2, -0.15) is 11.8 Å². The molecule has 20 heavy (non-hydrogen) atoms. The highest BCUT2D eigenvalue weighted by atomic mass is 32.2. The van der Waals surface area contributed by atoms with Crippen molar-refractivity contribution >= 4 is 23.5 Å². The molecule has 4 nitrogen and oxygen atoms in total. The fraction of sp³-hybridized carbons (Fsp3) is 0.429. The summed E-state index contributed by atoms with van der Waals surface area (Å²) in [5, 5.41) is 0. The van der Waals surface area contributed by atoms with Crippen molar-refractivity contribution in [2.75, 3.05) is 23.5 Å². The Bertz CT molecular complexity index is 572. The number of halogens is 1. The van der Waals surface area contributed by atoms with Gasteiger partial charge >= 0.3 is 0 Å². The molecule has 1 fully saturated rings. The molecular weight excluding hydrogens is 277 g/mol. The molecule has 0 N–H and O–H groups in total. The van der Waals surface area contributed by atoms with E-state index in [2.05, 4.69) is 11.6 Å². The predicted molar refractivity (Wildman–Crippen MR) is 78.3 cm³/mol. The molecule has 6 heteroatoms. The number of carbonyl (C=O) groups is 1. The summed E-state index contributed by atoms with van der Waals surface area (Å²) in [4.78, 5) is 19.9. The smallest absolute Gasteiger partial charge is 0.262 e. The lowest BCUT2D eigenvalue weighted by Gasteiger charge is -2.42. The van der Waals surface area contributed by atoms with Gasteiger partial charge in [-0.25, -0.2) is 9.37 Å². The number of amides is 1. The monoisotopic (exact) mass is 293 g/mol. The first-order valence-electron chi connectivity index (χ1n) is 6.59. The number of aromatic nitrogens is 1. The molecule has 3 heterocycles. The molecule has 1 amide bonds. The normalized spacial score (nSPS) is 20.3. The fourth-order valence-electron chi connectivity index (χ4n) is 2.69. The lowest BCUT2D eigenvalue weighted by atomic mass is 10.1. The Balaban J connectivity index is 2.07. The average Bonchev–Trinajstić information content (AvgIpc) is 2.47. The van der Waals surface area contributed by atoms with Gasteiger partial charge in [-0.15, -0.1) is 0 Å². The summed E-state index contributed by atoms with van der Waals surface area (Å²) in [5.41, 5.74) is 0.318. The van der Waals surface area contributed by atoms with E-state index in [1.165, 1.54) is 11.0 Å². The van der Waals surface area contributed by atoms with Crippen molar-refractivity contribution in [3.8, 4) is 0 Å². The van der Waals surface area contributed by atoms with Gasteiger partial charge in [-0.05, 0) is 30.4 Å². The van der Waals surface area contributed by atoms with Gasteiger partial charge in [0.15, 0.2) is 0 Å². The number of fused-ring (bicyclic) bond motifs is 1. The molecule has 0 saturated carbocycles. The maximum Gasteiger partial charge on any atom is 0.262 e. The summed E-state index contributed by atoms with van der Waals surface area (Å²) < 4.78 is 13.4. The zero-order valence-electron chi connectivity index (χ0n) is 11.3. The molecule has 1 aromatic heterocycles. The lowest BCUT2D eigenvalue weighted by Crippen LogP contribution is -2.48. The molecule has 0 aliphatic carbocycles. The van der Waals surface area contributed by atoms with E-state index in [1.807, 2.05) is 16.7 Å². The van der Waals surface area contributed by atoms with E-state index in [4.69, 9.17) is 0 Å². The van der Waals surface area contributed by atoms with Crippen LogP contribution in [0.15, 0.2) is 24.7 Å². The number of carbonyl (C=O) groups excluding carboxylic acids is 1. The van der Waals surface area contributed by atoms with E-state index in [0.717, 1.165) is 30.5 Å². The number of pyridine rings is 1. The van der Waals surface area contributed by atoms with E-state index in [-0.39, 0.29) is 11.9 Å². The molecule has 2 aliphatic heterocycles. The number of hydrogen-bond donors (Lipinski definition) is 0. The van der Waals surface area contributed by atoms with Crippen molar-refractivity contribution < 1.29 is 9.18 Å². The Morgan fingerprint density at radius 3 is 2.85 bits per heavy atom. The third kappa shape index (κ3) is 2.08. The molecular formula is C14H16FN3OS. The van der Waals surface area contributed by atoms with Crippen LogP contribution in [0.4, 0.5) is 10.2 Å². The van der Waals surface area contributed by atoms with Crippen molar-refractivity contribution in [2.45, 2.75) is 18.9 Å². The van der Waals surface area contributed by atoms with Crippen LogP contribution in [0.25, 0.3) is 0 Å². The van der Waals surface area contributed by atoms with Crippen molar-refractivity contribution in [3.05, 3.63) is 36.0 Å². The molecule has 0 aromatic carbocycles. The van der Waals surface area contributed by atoms with Gasteiger partial charge in [-0.1, -0.05) is 6.58 Å². The van der Waals surface area contributed by atoms with Gasteiger partial charge in [0.25, 0.3) is 5.91 Å². The molecule has 1 aromatic rings. The third-order valence-corrected chi connectivity index (χ3v) is 4.87. The molecule has 0 radical (unpaired) electrons. The van der Waals surface area contributed by atoms with Crippen molar-refractivity contribution in [3.63, 3.8) is 0 Å². The quantitative estimate of drug-likeness (QED) is 0.797. The highest BCUT2D eigenvalue weighted by molar-refractivity contribution is 7.99. The van der Waals surface area contributed by atoms with Crippen molar-refractivity contribution in [2.24, 2.45) is 0 Å². The zero-order valence-corrected chi connectivity index (χ0v) is 12.1. The van der Waals surface area contributed by atoms with E-state index in [9.17, 15) is 9.18 Å². The van der Waals surface area contributed by atoms with Crippen LogP contribution in [0, 0.1) is 5.82 Å². The predicted octanol–water partition coefficient (Wildman–Crippen LogP) is 2.48. The van der Waals surface area contributed by atoms with Crippen LogP contribution >= 0.6 is 11.8 Å². The van der Waals surface area contributed by atoms with Crippen LogP contribution in [-0.2, 0) is 0 Å². The van der Waals surface area contributed by atoms with Crippen LogP contribution in [0.2, 0.25) is 0 Å². The molecule has 0 bridgehead atoms. The van der Waals surface area contributed by atoms with E-state index < -0.39 is 5.82 Å². The lowest BCUT2D eigenvalue weighted by molar-refractivity contribution is 0.0821. The summed E-state index contributed by atoms with van der Waals surface area (Å²) in [6.45, 7) is 4.01. The largest absolute Gasteiger partial charge is 0.309 e. The maximum atomic E-state index is 13.4. The van der Waals surface area contributed by atoms with Crippen LogP contribution in [0.5, 0.6) is 0 Å². The number of nitrogens with zero attached hydrogens (tertiary/aromatic N) is 3. The van der Waals surface area contributed by atoms with E-state index >= 15 is 0 Å². The second-order valence-corrected chi connectivity index (χ2v) is 6.24. The molecule has 1 saturated heterocycles. The van der Waals surface area contributed by atoms with Gasteiger partial charge in [0.2, 0.25) is 0 Å². The first-order chi connectivity index (χ1) is 9.59. The number of anilines is 1. The topological polar surface area (TPSA) is 36.4 Å². The molecule has 0 spiro atoms. The summed E-state index contributed by atoms with van der Waals surface area (Å²) >= 11 is 1.93. The Morgan fingerprint density at radius 1 is 1.45 bits per heavy atom. The zero-order chi connectivity index (χ0) is 14.3. The molecule has 0 atom stereocenters. The van der Waals surface area contributed by atoms with Gasteiger partial charge < -0.3 is 4.90 Å². The minimum absolute atomic E-state index is 0.251. The number of hydrogen-bond acceptors (Lipinski definition) is 4. The average molecular weight is 293 g/mol. The Morgan fingerprint density at radius 2 is 2.15 bits per heavy atom. The standard InChI is InChI=1S/C14H16FN3OS/c1-9-17(2)14(19)12-7-10(15)8-16-13(12)18(9)11-3-5-20-6-4-11/h7-8,11H,1,3-6H2,2H3. The SMILES string of the molecule is C=C1N(C)C(=O)c2cc(F)cnc2N1C1CCSCC1. The highest BCUT2D eigenvalue weighted by Gasteiger charge is 2.36. The molecule has 106 valence electrons. The maximum absolute atomic E-state index is 13.4. The molecule has 3 rings (SSSR count). The van der Waals surface area contributed by atoms with Gasteiger partial charge in [0.1, 0.15) is 17.5 Å². The number of thioether (sulfide) groups is 1. The third-order valence-electron chi connectivity index (χ3n) is 3.82.